The maximum Gasteiger partial charge on any atom is 0.122 e. The Morgan fingerprint density at radius 2 is 2.12 bits per heavy atom. The molecule has 1 aliphatic rings. The van der Waals surface area contributed by atoms with E-state index < -0.39 is 0 Å². The van der Waals surface area contributed by atoms with Gasteiger partial charge in [0.05, 0.1) is 13.7 Å². The summed E-state index contributed by atoms with van der Waals surface area (Å²) in [6, 6.07) is 8.96. The van der Waals surface area contributed by atoms with E-state index in [1.807, 2.05) is 19.1 Å². The van der Waals surface area contributed by atoms with Crippen LogP contribution in [0.4, 0.5) is 0 Å². The Labute approximate surface area is 103 Å². The number of hydrogen-bond acceptors (Lipinski definition) is 3. The largest absolute Gasteiger partial charge is 0.496 e. The van der Waals surface area contributed by atoms with Crippen molar-refractivity contribution in [3.05, 3.63) is 29.8 Å². The first kappa shape index (κ1) is 12.4. The van der Waals surface area contributed by atoms with Crippen LogP contribution in [0.15, 0.2) is 24.3 Å². The summed E-state index contributed by atoms with van der Waals surface area (Å²) in [6.07, 6.45) is 2.26. The van der Waals surface area contributed by atoms with Crippen LogP contribution in [-0.4, -0.2) is 30.9 Å². The molecule has 1 saturated carbocycles. The van der Waals surface area contributed by atoms with Crippen molar-refractivity contribution >= 4 is 0 Å². The minimum atomic E-state index is 0.193. The lowest BCUT2D eigenvalue weighted by molar-refractivity contribution is 0.203. The van der Waals surface area contributed by atoms with Gasteiger partial charge < -0.3 is 15.2 Å². The Bertz CT molecular complexity index is 361. The first-order valence-electron chi connectivity index (χ1n) is 6.24. The van der Waals surface area contributed by atoms with Gasteiger partial charge in [0.2, 0.25) is 0 Å². The summed E-state index contributed by atoms with van der Waals surface area (Å²) in [6.45, 7) is 2.21. The molecule has 0 heterocycles. The normalized spacial score (nSPS) is 25.1. The Hall–Kier alpha value is -1.06. The zero-order valence-corrected chi connectivity index (χ0v) is 10.5. The van der Waals surface area contributed by atoms with Crippen LogP contribution >= 0.6 is 0 Å². The van der Waals surface area contributed by atoms with Crippen LogP contribution in [0, 0.1) is 0 Å². The Morgan fingerprint density at radius 3 is 2.76 bits per heavy atom. The summed E-state index contributed by atoms with van der Waals surface area (Å²) in [5.74, 6) is 1.58. The number of nitrogens with one attached hydrogen (secondary N) is 1. The van der Waals surface area contributed by atoms with Gasteiger partial charge >= 0.3 is 0 Å². The lowest BCUT2D eigenvalue weighted by Gasteiger charge is -2.38. The second kappa shape index (κ2) is 5.52. The van der Waals surface area contributed by atoms with Gasteiger partial charge in [-0.05, 0) is 37.3 Å². The topological polar surface area (TPSA) is 41.5 Å². The molecule has 0 spiro atoms. The molecule has 17 heavy (non-hydrogen) atoms. The summed E-state index contributed by atoms with van der Waals surface area (Å²) < 4.78 is 5.38. The minimum Gasteiger partial charge on any atom is -0.496 e. The number of rotatable bonds is 5. The summed E-state index contributed by atoms with van der Waals surface area (Å²) in [4.78, 5) is 0. The maximum atomic E-state index is 8.99. The zero-order chi connectivity index (χ0) is 12.3. The van der Waals surface area contributed by atoms with Crippen molar-refractivity contribution in [2.24, 2.45) is 0 Å². The molecule has 1 atom stereocenters. The van der Waals surface area contributed by atoms with Crippen LogP contribution in [0.5, 0.6) is 5.75 Å². The molecule has 1 aliphatic carbocycles. The third-order valence-electron chi connectivity index (χ3n) is 3.51. The molecular weight excluding hydrogens is 214 g/mol. The Kier molecular flexibility index (Phi) is 4.02. The smallest absolute Gasteiger partial charge is 0.122 e. The van der Waals surface area contributed by atoms with E-state index in [2.05, 4.69) is 17.4 Å². The molecule has 0 aromatic heterocycles. The summed E-state index contributed by atoms with van der Waals surface area (Å²) in [5.41, 5.74) is 1.31. The molecule has 94 valence electrons. The quantitative estimate of drug-likeness (QED) is 0.819. The van der Waals surface area contributed by atoms with E-state index in [-0.39, 0.29) is 12.6 Å². The van der Waals surface area contributed by atoms with Gasteiger partial charge in [0.25, 0.3) is 0 Å². The van der Waals surface area contributed by atoms with E-state index in [9.17, 15) is 0 Å². The van der Waals surface area contributed by atoms with Crippen LogP contribution in [0.3, 0.4) is 0 Å². The van der Waals surface area contributed by atoms with Gasteiger partial charge in [-0.15, -0.1) is 0 Å². The van der Waals surface area contributed by atoms with E-state index in [0.29, 0.717) is 12.0 Å². The second-order valence-electron chi connectivity index (χ2n) is 4.86. The lowest BCUT2D eigenvalue weighted by atomic mass is 9.75. The number of hydrogen-bond donors (Lipinski definition) is 2. The highest BCUT2D eigenvalue weighted by atomic mass is 16.5. The van der Waals surface area contributed by atoms with Gasteiger partial charge in [-0.1, -0.05) is 18.2 Å². The molecule has 1 aromatic rings. The van der Waals surface area contributed by atoms with Gasteiger partial charge in [0, 0.05) is 12.1 Å². The van der Waals surface area contributed by atoms with E-state index in [1.165, 1.54) is 5.56 Å². The van der Waals surface area contributed by atoms with E-state index in [1.54, 1.807) is 7.11 Å². The monoisotopic (exact) mass is 235 g/mol. The molecule has 3 nitrogen and oxygen atoms in total. The van der Waals surface area contributed by atoms with Crippen molar-refractivity contribution in [1.82, 2.24) is 5.32 Å². The molecule has 1 aromatic carbocycles. The maximum absolute atomic E-state index is 8.99. The van der Waals surface area contributed by atoms with Gasteiger partial charge in [-0.25, -0.2) is 0 Å². The molecule has 2 N–H and O–H groups in total. The van der Waals surface area contributed by atoms with Crippen LogP contribution in [0.25, 0.3) is 0 Å². The molecule has 1 fully saturated rings. The van der Waals surface area contributed by atoms with Crippen molar-refractivity contribution in [2.45, 2.75) is 37.8 Å². The van der Waals surface area contributed by atoms with E-state index >= 15 is 0 Å². The standard InChI is InChI=1S/C14H21NO2/c1-10(9-16)15-12-7-11(8-12)13-5-3-4-6-14(13)17-2/h3-6,10-12,15-16H,7-9H2,1-2H3. The number of aliphatic hydroxyl groups is 1. The van der Waals surface area contributed by atoms with Crippen LogP contribution in [0.2, 0.25) is 0 Å². The minimum absolute atomic E-state index is 0.193. The van der Waals surface area contributed by atoms with Crippen molar-refractivity contribution < 1.29 is 9.84 Å². The van der Waals surface area contributed by atoms with Crippen LogP contribution < -0.4 is 10.1 Å². The van der Waals surface area contributed by atoms with Gasteiger partial charge in [-0.2, -0.15) is 0 Å². The second-order valence-corrected chi connectivity index (χ2v) is 4.86. The van der Waals surface area contributed by atoms with Crippen LogP contribution in [-0.2, 0) is 0 Å². The van der Waals surface area contributed by atoms with Crippen LogP contribution in [0.1, 0.15) is 31.2 Å². The molecular formula is C14H21NO2. The highest BCUT2D eigenvalue weighted by Gasteiger charge is 2.32. The predicted molar refractivity (Wildman–Crippen MR) is 68.4 cm³/mol. The fourth-order valence-electron chi connectivity index (χ4n) is 2.47. The average Bonchev–Trinajstić information content (AvgIpc) is 2.33. The molecule has 3 heteroatoms. The third-order valence-corrected chi connectivity index (χ3v) is 3.51. The summed E-state index contributed by atoms with van der Waals surface area (Å²) in [5, 5.41) is 12.4. The number of methoxy groups -OCH3 is 1. The number of para-hydroxylation sites is 1. The molecule has 0 aliphatic heterocycles. The highest BCUT2D eigenvalue weighted by molar-refractivity contribution is 5.37. The van der Waals surface area contributed by atoms with Crippen molar-refractivity contribution in [3.8, 4) is 5.75 Å². The van der Waals surface area contributed by atoms with Crippen molar-refractivity contribution in [1.29, 1.82) is 0 Å². The van der Waals surface area contributed by atoms with E-state index in [0.717, 1.165) is 18.6 Å². The summed E-state index contributed by atoms with van der Waals surface area (Å²) in [7, 11) is 1.72. The molecule has 0 bridgehead atoms. The van der Waals surface area contributed by atoms with Crippen molar-refractivity contribution in [3.63, 3.8) is 0 Å². The molecule has 0 saturated heterocycles. The number of aliphatic hydroxyl groups excluding tert-OH is 1. The number of benzene rings is 1. The zero-order valence-electron chi connectivity index (χ0n) is 10.5. The third kappa shape index (κ3) is 2.79. The lowest BCUT2D eigenvalue weighted by Crippen LogP contribution is -2.45. The SMILES string of the molecule is COc1ccccc1C1CC(NC(C)CO)C1. The number of ether oxygens (including phenoxy) is 1. The molecule has 0 radical (unpaired) electrons. The van der Waals surface area contributed by atoms with Gasteiger partial charge in [0.1, 0.15) is 5.75 Å². The fourth-order valence-corrected chi connectivity index (χ4v) is 2.47. The molecule has 1 unspecified atom stereocenters. The first-order valence-corrected chi connectivity index (χ1v) is 6.24. The molecule has 2 rings (SSSR count). The van der Waals surface area contributed by atoms with Crippen molar-refractivity contribution in [2.75, 3.05) is 13.7 Å². The summed E-state index contributed by atoms with van der Waals surface area (Å²) >= 11 is 0. The van der Waals surface area contributed by atoms with Gasteiger partial charge in [0.15, 0.2) is 0 Å². The molecule has 0 amide bonds. The predicted octanol–water partition coefficient (Wildman–Crippen LogP) is 1.91. The highest BCUT2D eigenvalue weighted by Crippen LogP contribution is 2.40. The first-order chi connectivity index (χ1) is 8.24. The van der Waals surface area contributed by atoms with E-state index in [4.69, 9.17) is 9.84 Å². The van der Waals surface area contributed by atoms with Gasteiger partial charge in [-0.3, -0.25) is 0 Å². The Balaban J connectivity index is 1.90. The fraction of sp³-hybridized carbons (Fsp3) is 0.571. The Morgan fingerprint density at radius 1 is 1.41 bits per heavy atom. The average molecular weight is 235 g/mol.